The Labute approximate surface area is 153 Å². The first-order chi connectivity index (χ1) is 12.6. The van der Waals surface area contributed by atoms with Gasteiger partial charge in [-0.3, -0.25) is 4.79 Å². The van der Waals surface area contributed by atoms with Crippen molar-refractivity contribution >= 4 is 22.6 Å². The number of esters is 1. The summed E-state index contributed by atoms with van der Waals surface area (Å²) in [6, 6.07) is 10.1. The van der Waals surface area contributed by atoms with E-state index in [2.05, 4.69) is 11.4 Å². The predicted octanol–water partition coefficient (Wildman–Crippen LogP) is 3.93. The number of nitrogens with one attached hydrogen (secondary N) is 1. The molecule has 1 N–H and O–H groups in total. The van der Waals surface area contributed by atoms with Crippen LogP contribution in [-0.2, 0) is 22.4 Å². The zero-order chi connectivity index (χ0) is 18.1. The zero-order valence-electron chi connectivity index (χ0n) is 15.2. The number of carbonyl (C=O) groups excluding carboxylic acids is 2. The van der Waals surface area contributed by atoms with Crippen molar-refractivity contribution in [3.05, 3.63) is 47.0 Å². The minimum Gasteiger partial charge on any atom is -0.449 e. The number of hydrogen-bond donors (Lipinski definition) is 1. The highest BCUT2D eigenvalue weighted by Crippen LogP contribution is 2.33. The molecule has 1 amide bonds. The predicted molar refractivity (Wildman–Crippen MR) is 101 cm³/mol. The standard InChI is InChI=1S/C22H25NO3/c1-14(21(24)23-17-7-3-2-4-8-17)26-22(25)19-13-12-16-11-10-15-6-5-9-18(19)20(15)16/h5-6,9,12-14,17H,2-4,7-8,10-11H2,1H3,(H,23,24). The maximum atomic E-state index is 12.7. The molecular weight excluding hydrogens is 326 g/mol. The summed E-state index contributed by atoms with van der Waals surface area (Å²) in [5.74, 6) is -0.622. The molecule has 0 saturated heterocycles. The molecule has 4 nitrogen and oxygen atoms in total. The lowest BCUT2D eigenvalue weighted by Gasteiger charge is -2.24. The minimum atomic E-state index is -0.785. The second-order valence-corrected chi connectivity index (χ2v) is 7.50. The highest BCUT2D eigenvalue weighted by atomic mass is 16.5. The molecule has 0 aliphatic heterocycles. The highest BCUT2D eigenvalue weighted by Gasteiger charge is 2.25. The van der Waals surface area contributed by atoms with Crippen LogP contribution in [0.5, 0.6) is 0 Å². The number of amides is 1. The minimum absolute atomic E-state index is 0.198. The molecule has 2 aromatic carbocycles. The van der Waals surface area contributed by atoms with E-state index in [-0.39, 0.29) is 11.9 Å². The van der Waals surface area contributed by atoms with Gasteiger partial charge in [-0.2, -0.15) is 0 Å². The van der Waals surface area contributed by atoms with Gasteiger partial charge in [-0.1, -0.05) is 43.5 Å². The number of ether oxygens (including phenoxy) is 1. The van der Waals surface area contributed by atoms with E-state index in [1.54, 1.807) is 6.92 Å². The van der Waals surface area contributed by atoms with Gasteiger partial charge in [0.25, 0.3) is 5.91 Å². The fourth-order valence-electron chi connectivity index (χ4n) is 4.27. The molecule has 2 aliphatic carbocycles. The first kappa shape index (κ1) is 17.1. The third kappa shape index (κ3) is 3.20. The fraction of sp³-hybridized carbons (Fsp3) is 0.455. The van der Waals surface area contributed by atoms with Crippen molar-refractivity contribution in [1.82, 2.24) is 5.32 Å². The maximum absolute atomic E-state index is 12.7. The Morgan fingerprint density at radius 2 is 1.77 bits per heavy atom. The number of carbonyl (C=O) groups is 2. The Morgan fingerprint density at radius 3 is 2.54 bits per heavy atom. The molecule has 0 spiro atoms. The zero-order valence-corrected chi connectivity index (χ0v) is 15.2. The van der Waals surface area contributed by atoms with Gasteiger partial charge in [-0.05, 0) is 60.6 Å². The molecule has 0 aromatic heterocycles. The van der Waals surface area contributed by atoms with Gasteiger partial charge in [0.2, 0.25) is 0 Å². The molecular formula is C22H25NO3. The molecule has 1 unspecified atom stereocenters. The topological polar surface area (TPSA) is 55.4 Å². The van der Waals surface area contributed by atoms with Gasteiger partial charge in [0.15, 0.2) is 6.10 Å². The van der Waals surface area contributed by atoms with E-state index in [0.29, 0.717) is 5.56 Å². The van der Waals surface area contributed by atoms with Crippen molar-refractivity contribution in [3.8, 4) is 0 Å². The van der Waals surface area contributed by atoms with Crippen LogP contribution in [0.25, 0.3) is 10.8 Å². The van der Waals surface area contributed by atoms with E-state index < -0.39 is 12.1 Å². The molecule has 26 heavy (non-hydrogen) atoms. The van der Waals surface area contributed by atoms with E-state index in [1.165, 1.54) is 22.9 Å². The number of hydrogen-bond acceptors (Lipinski definition) is 3. The Bertz CT molecular complexity index is 842. The van der Waals surface area contributed by atoms with Crippen LogP contribution < -0.4 is 5.32 Å². The number of rotatable bonds is 4. The van der Waals surface area contributed by atoms with Gasteiger partial charge in [0, 0.05) is 6.04 Å². The molecule has 2 aliphatic rings. The quantitative estimate of drug-likeness (QED) is 0.849. The summed E-state index contributed by atoms with van der Waals surface area (Å²) in [6.45, 7) is 1.65. The second kappa shape index (κ2) is 7.10. The normalized spacial score (nSPS) is 17.9. The average molecular weight is 351 g/mol. The molecule has 2 aromatic rings. The van der Waals surface area contributed by atoms with Crippen molar-refractivity contribution < 1.29 is 14.3 Å². The van der Waals surface area contributed by atoms with Crippen LogP contribution in [0.2, 0.25) is 0 Å². The van der Waals surface area contributed by atoms with Crippen molar-refractivity contribution in [2.45, 2.75) is 64.0 Å². The van der Waals surface area contributed by atoms with E-state index >= 15 is 0 Å². The molecule has 1 fully saturated rings. The molecule has 0 radical (unpaired) electrons. The fourth-order valence-corrected chi connectivity index (χ4v) is 4.27. The summed E-state index contributed by atoms with van der Waals surface area (Å²) in [5.41, 5.74) is 3.12. The molecule has 0 bridgehead atoms. The summed E-state index contributed by atoms with van der Waals surface area (Å²) < 4.78 is 5.50. The van der Waals surface area contributed by atoms with Crippen molar-refractivity contribution in [1.29, 1.82) is 0 Å². The Kier molecular flexibility index (Phi) is 4.66. The summed E-state index contributed by atoms with van der Waals surface area (Å²) >= 11 is 0. The largest absolute Gasteiger partial charge is 0.449 e. The SMILES string of the molecule is CC(OC(=O)c1ccc2c3c(cccc13)CC2)C(=O)NC1CCCCC1. The summed E-state index contributed by atoms with van der Waals surface area (Å²) in [5, 5.41) is 5.14. The maximum Gasteiger partial charge on any atom is 0.339 e. The van der Waals surface area contributed by atoms with Crippen LogP contribution in [0.1, 0.15) is 60.5 Å². The lowest BCUT2D eigenvalue weighted by atomic mass is 9.95. The third-order valence-electron chi connectivity index (χ3n) is 5.70. The van der Waals surface area contributed by atoms with Gasteiger partial charge in [0.1, 0.15) is 0 Å². The smallest absolute Gasteiger partial charge is 0.339 e. The Hall–Kier alpha value is -2.36. The first-order valence-corrected chi connectivity index (χ1v) is 9.68. The monoisotopic (exact) mass is 351 g/mol. The van der Waals surface area contributed by atoms with E-state index in [9.17, 15) is 9.59 Å². The summed E-state index contributed by atoms with van der Waals surface area (Å²) in [6.07, 6.45) is 6.83. The molecule has 136 valence electrons. The second-order valence-electron chi connectivity index (χ2n) is 7.50. The number of aryl methyl sites for hydroxylation is 2. The van der Waals surface area contributed by atoms with E-state index in [1.807, 2.05) is 24.3 Å². The van der Waals surface area contributed by atoms with Crippen molar-refractivity contribution in [2.24, 2.45) is 0 Å². The molecule has 4 rings (SSSR count). The van der Waals surface area contributed by atoms with Gasteiger partial charge in [-0.25, -0.2) is 4.79 Å². The van der Waals surface area contributed by atoms with Crippen LogP contribution in [-0.4, -0.2) is 24.0 Å². The van der Waals surface area contributed by atoms with E-state index in [4.69, 9.17) is 4.74 Å². The Morgan fingerprint density at radius 1 is 1.04 bits per heavy atom. The molecule has 4 heteroatoms. The van der Waals surface area contributed by atoms with Crippen molar-refractivity contribution in [3.63, 3.8) is 0 Å². The van der Waals surface area contributed by atoms with Gasteiger partial charge in [0.05, 0.1) is 5.56 Å². The summed E-state index contributed by atoms with van der Waals surface area (Å²) in [7, 11) is 0. The highest BCUT2D eigenvalue weighted by molar-refractivity contribution is 6.07. The molecule has 0 heterocycles. The third-order valence-corrected chi connectivity index (χ3v) is 5.70. The number of benzene rings is 2. The van der Waals surface area contributed by atoms with E-state index in [0.717, 1.165) is 43.9 Å². The lowest BCUT2D eigenvalue weighted by Crippen LogP contribution is -2.42. The first-order valence-electron chi connectivity index (χ1n) is 9.68. The molecule has 1 saturated carbocycles. The van der Waals surface area contributed by atoms with Gasteiger partial charge in [-0.15, -0.1) is 0 Å². The average Bonchev–Trinajstić information content (AvgIpc) is 3.08. The van der Waals surface area contributed by atoms with Gasteiger partial charge < -0.3 is 10.1 Å². The van der Waals surface area contributed by atoms with Crippen LogP contribution >= 0.6 is 0 Å². The lowest BCUT2D eigenvalue weighted by molar-refractivity contribution is -0.130. The Balaban J connectivity index is 1.48. The summed E-state index contributed by atoms with van der Waals surface area (Å²) in [4.78, 5) is 25.1. The van der Waals surface area contributed by atoms with Crippen LogP contribution in [0.15, 0.2) is 30.3 Å². The van der Waals surface area contributed by atoms with Crippen LogP contribution in [0.4, 0.5) is 0 Å². The van der Waals surface area contributed by atoms with Crippen LogP contribution in [0.3, 0.4) is 0 Å². The van der Waals surface area contributed by atoms with Crippen molar-refractivity contribution in [2.75, 3.05) is 0 Å². The van der Waals surface area contributed by atoms with Gasteiger partial charge >= 0.3 is 5.97 Å². The molecule has 1 atom stereocenters. The van der Waals surface area contributed by atoms with Crippen LogP contribution in [0, 0.1) is 0 Å².